The highest BCUT2D eigenvalue weighted by Crippen LogP contribution is 2.23. The minimum atomic E-state index is -4.05. The van der Waals surface area contributed by atoms with Crippen LogP contribution in [0.2, 0.25) is 0 Å². The molecule has 0 aliphatic rings. The summed E-state index contributed by atoms with van der Waals surface area (Å²) in [5.74, 6) is -2.05. The standard InChI is InChI=1S/C15H14FNO4S/c1-9-6-11(15(18)19)7-14(10(9)2)22(20,21)17-13-5-3-4-12(16)8-13/h3-8,17H,1-2H3,(H,18,19)/p-1. The van der Waals surface area contributed by atoms with E-state index in [0.717, 1.165) is 12.1 Å². The highest BCUT2D eigenvalue weighted by Gasteiger charge is 2.19. The molecule has 22 heavy (non-hydrogen) atoms. The van der Waals surface area contributed by atoms with Crippen molar-refractivity contribution < 1.29 is 22.7 Å². The maximum Gasteiger partial charge on any atom is 0.262 e. The molecule has 5 nitrogen and oxygen atoms in total. The first-order chi connectivity index (χ1) is 10.2. The van der Waals surface area contributed by atoms with Crippen molar-refractivity contribution in [1.82, 2.24) is 0 Å². The molecule has 0 atom stereocenters. The first-order valence-electron chi connectivity index (χ1n) is 6.31. The van der Waals surface area contributed by atoms with Gasteiger partial charge in [-0.05, 0) is 60.9 Å². The summed E-state index contributed by atoms with van der Waals surface area (Å²) in [6, 6.07) is 7.34. The zero-order chi connectivity index (χ0) is 16.5. The smallest absolute Gasteiger partial charge is 0.262 e. The minimum Gasteiger partial charge on any atom is -0.545 e. The van der Waals surface area contributed by atoms with Gasteiger partial charge in [-0.2, -0.15) is 0 Å². The molecule has 0 spiro atoms. The third-order valence-corrected chi connectivity index (χ3v) is 4.73. The van der Waals surface area contributed by atoms with Crippen LogP contribution in [0.1, 0.15) is 21.5 Å². The predicted octanol–water partition coefficient (Wildman–Crippen LogP) is 1.61. The van der Waals surface area contributed by atoms with Crippen LogP contribution in [0.3, 0.4) is 0 Å². The molecule has 1 N–H and O–H groups in total. The second kappa shape index (κ2) is 5.76. The summed E-state index contributed by atoms with van der Waals surface area (Å²) >= 11 is 0. The Kier molecular flexibility index (Phi) is 4.18. The van der Waals surface area contributed by atoms with E-state index in [1.807, 2.05) is 0 Å². The molecule has 0 aliphatic heterocycles. The summed E-state index contributed by atoms with van der Waals surface area (Å²) in [6.45, 7) is 3.16. The van der Waals surface area contributed by atoms with Gasteiger partial charge in [0.1, 0.15) is 5.82 Å². The quantitative estimate of drug-likeness (QED) is 0.926. The molecule has 0 heterocycles. The topological polar surface area (TPSA) is 86.3 Å². The lowest BCUT2D eigenvalue weighted by molar-refractivity contribution is -0.255. The maximum absolute atomic E-state index is 13.1. The number of carbonyl (C=O) groups excluding carboxylic acids is 1. The van der Waals surface area contributed by atoms with Crippen LogP contribution in [0, 0.1) is 19.7 Å². The highest BCUT2D eigenvalue weighted by molar-refractivity contribution is 7.92. The van der Waals surface area contributed by atoms with Gasteiger partial charge >= 0.3 is 0 Å². The molecule has 2 aromatic carbocycles. The van der Waals surface area contributed by atoms with Crippen molar-refractivity contribution >= 4 is 21.7 Å². The molecule has 0 radical (unpaired) electrons. The number of sulfonamides is 1. The summed E-state index contributed by atoms with van der Waals surface area (Å²) in [5, 5.41) is 11.0. The molecule has 0 aromatic heterocycles. The van der Waals surface area contributed by atoms with Crippen molar-refractivity contribution in [2.24, 2.45) is 0 Å². The van der Waals surface area contributed by atoms with Gasteiger partial charge in [0.05, 0.1) is 16.6 Å². The Balaban J connectivity index is 2.51. The molecule has 0 amide bonds. The fourth-order valence-corrected chi connectivity index (χ4v) is 3.38. The van der Waals surface area contributed by atoms with E-state index in [-0.39, 0.29) is 16.1 Å². The van der Waals surface area contributed by atoms with Crippen LogP contribution in [-0.4, -0.2) is 14.4 Å². The molecule has 2 rings (SSSR count). The summed E-state index contributed by atoms with van der Waals surface area (Å²) < 4.78 is 40.2. The lowest BCUT2D eigenvalue weighted by Gasteiger charge is -2.14. The molecule has 0 saturated carbocycles. The van der Waals surface area contributed by atoms with E-state index in [2.05, 4.69) is 4.72 Å². The van der Waals surface area contributed by atoms with E-state index in [1.165, 1.54) is 24.3 Å². The summed E-state index contributed by atoms with van der Waals surface area (Å²) in [4.78, 5) is 10.8. The summed E-state index contributed by atoms with van der Waals surface area (Å²) in [5.41, 5.74) is 0.730. The molecule has 116 valence electrons. The van der Waals surface area contributed by atoms with Gasteiger partial charge in [-0.3, -0.25) is 4.72 Å². The molecule has 2 aromatic rings. The number of carboxylic acid groups (broad SMARTS) is 1. The van der Waals surface area contributed by atoms with Gasteiger partial charge in [0.2, 0.25) is 0 Å². The van der Waals surface area contributed by atoms with Gasteiger partial charge in [-0.1, -0.05) is 6.07 Å². The number of aryl methyl sites for hydroxylation is 1. The summed E-state index contributed by atoms with van der Waals surface area (Å²) in [7, 11) is -4.05. The lowest BCUT2D eigenvalue weighted by Crippen LogP contribution is -2.23. The molecule has 0 saturated heterocycles. The predicted molar refractivity (Wildman–Crippen MR) is 77.5 cm³/mol. The highest BCUT2D eigenvalue weighted by atomic mass is 32.2. The Morgan fingerprint density at radius 1 is 1.18 bits per heavy atom. The maximum atomic E-state index is 13.1. The zero-order valence-corrected chi connectivity index (χ0v) is 12.7. The van der Waals surface area contributed by atoms with E-state index in [9.17, 15) is 22.7 Å². The van der Waals surface area contributed by atoms with Gasteiger partial charge < -0.3 is 9.90 Å². The van der Waals surface area contributed by atoms with Gasteiger partial charge in [-0.25, -0.2) is 12.8 Å². The van der Waals surface area contributed by atoms with Gasteiger partial charge in [-0.15, -0.1) is 0 Å². The molecule has 7 heteroatoms. The van der Waals surface area contributed by atoms with Crippen LogP contribution in [0.5, 0.6) is 0 Å². The van der Waals surface area contributed by atoms with Crippen molar-refractivity contribution in [3.63, 3.8) is 0 Å². The Morgan fingerprint density at radius 2 is 1.86 bits per heavy atom. The normalized spacial score (nSPS) is 11.2. The monoisotopic (exact) mass is 322 g/mol. The number of nitrogens with one attached hydrogen (secondary N) is 1. The van der Waals surface area contributed by atoms with E-state index in [0.29, 0.717) is 11.1 Å². The molecule has 0 fully saturated rings. The number of carbonyl (C=O) groups is 1. The fraction of sp³-hybridized carbons (Fsp3) is 0.133. The van der Waals surface area contributed by atoms with Crippen molar-refractivity contribution in [2.75, 3.05) is 4.72 Å². The van der Waals surface area contributed by atoms with Crippen LogP contribution < -0.4 is 9.83 Å². The van der Waals surface area contributed by atoms with Crippen LogP contribution >= 0.6 is 0 Å². The third-order valence-electron chi connectivity index (χ3n) is 3.22. The Labute approximate surface area is 127 Å². The van der Waals surface area contributed by atoms with E-state index in [1.54, 1.807) is 13.8 Å². The Bertz CT molecular complexity index is 847. The van der Waals surface area contributed by atoms with Crippen LogP contribution in [0.15, 0.2) is 41.3 Å². The Hall–Kier alpha value is -2.41. The SMILES string of the molecule is Cc1cc(C(=O)[O-])cc(S(=O)(=O)Nc2cccc(F)c2)c1C. The average Bonchev–Trinajstić information content (AvgIpc) is 2.40. The number of rotatable bonds is 4. The zero-order valence-electron chi connectivity index (χ0n) is 11.9. The first kappa shape index (κ1) is 16.0. The number of hydrogen-bond acceptors (Lipinski definition) is 4. The number of benzene rings is 2. The second-order valence-electron chi connectivity index (χ2n) is 4.82. The molecule has 0 aliphatic carbocycles. The largest absolute Gasteiger partial charge is 0.545 e. The van der Waals surface area contributed by atoms with Crippen LogP contribution in [-0.2, 0) is 10.0 Å². The van der Waals surface area contributed by atoms with E-state index in [4.69, 9.17) is 0 Å². The fourth-order valence-electron chi connectivity index (χ4n) is 1.99. The number of aromatic carboxylic acids is 1. The minimum absolute atomic E-state index is 0.0518. The van der Waals surface area contributed by atoms with Crippen LogP contribution in [0.25, 0.3) is 0 Å². The van der Waals surface area contributed by atoms with Gasteiger partial charge in [0.15, 0.2) is 0 Å². The molecular weight excluding hydrogens is 309 g/mol. The number of hydrogen-bond donors (Lipinski definition) is 1. The average molecular weight is 322 g/mol. The third kappa shape index (κ3) is 3.25. The van der Waals surface area contributed by atoms with Crippen molar-refractivity contribution in [2.45, 2.75) is 18.7 Å². The van der Waals surface area contributed by atoms with E-state index < -0.39 is 21.8 Å². The molecule has 0 unspecified atom stereocenters. The van der Waals surface area contributed by atoms with Crippen molar-refractivity contribution in [1.29, 1.82) is 0 Å². The number of anilines is 1. The molecule has 0 bridgehead atoms. The number of carboxylic acids is 1. The van der Waals surface area contributed by atoms with E-state index >= 15 is 0 Å². The van der Waals surface area contributed by atoms with Gasteiger partial charge in [0.25, 0.3) is 10.0 Å². The molecular formula is C15H13FNO4S-. The van der Waals surface area contributed by atoms with Crippen LogP contribution in [0.4, 0.5) is 10.1 Å². The van der Waals surface area contributed by atoms with Crippen molar-refractivity contribution in [3.05, 3.63) is 58.9 Å². The lowest BCUT2D eigenvalue weighted by atomic mass is 10.1. The Morgan fingerprint density at radius 3 is 2.45 bits per heavy atom. The van der Waals surface area contributed by atoms with Crippen molar-refractivity contribution in [3.8, 4) is 0 Å². The first-order valence-corrected chi connectivity index (χ1v) is 7.80. The second-order valence-corrected chi connectivity index (χ2v) is 6.47. The van der Waals surface area contributed by atoms with Gasteiger partial charge in [0, 0.05) is 0 Å². The summed E-state index contributed by atoms with van der Waals surface area (Å²) in [6.07, 6.45) is 0. The number of halogens is 1.